The third-order valence-electron chi connectivity index (χ3n) is 1.70. The molecule has 0 fully saturated rings. The summed E-state index contributed by atoms with van der Waals surface area (Å²) in [5.74, 6) is 0.977. The van der Waals surface area contributed by atoms with E-state index in [0.29, 0.717) is 11.6 Å². The second-order valence-corrected chi connectivity index (χ2v) is 5.52. The highest BCUT2D eigenvalue weighted by Gasteiger charge is 2.27. The predicted molar refractivity (Wildman–Crippen MR) is 65.2 cm³/mol. The SMILES string of the molecule is FC(F)(F)SCCSc1ccc(CCl)cc1. The van der Waals surface area contributed by atoms with Gasteiger partial charge in [0, 0.05) is 22.3 Å². The van der Waals surface area contributed by atoms with Crippen molar-refractivity contribution in [2.75, 3.05) is 11.5 Å². The maximum Gasteiger partial charge on any atom is 0.441 e. The van der Waals surface area contributed by atoms with Crippen LogP contribution in [0.15, 0.2) is 29.2 Å². The number of halogens is 4. The molecule has 0 heterocycles. The lowest BCUT2D eigenvalue weighted by Gasteiger charge is -2.05. The average molecular weight is 287 g/mol. The fraction of sp³-hybridized carbons (Fsp3) is 0.400. The Morgan fingerprint density at radius 1 is 1.06 bits per heavy atom. The van der Waals surface area contributed by atoms with Crippen LogP contribution in [0.3, 0.4) is 0 Å². The van der Waals surface area contributed by atoms with Gasteiger partial charge in [-0.05, 0) is 17.7 Å². The van der Waals surface area contributed by atoms with E-state index < -0.39 is 5.51 Å². The van der Waals surface area contributed by atoms with Crippen LogP contribution < -0.4 is 0 Å². The van der Waals surface area contributed by atoms with Gasteiger partial charge in [0.05, 0.1) is 0 Å². The number of hydrogen-bond acceptors (Lipinski definition) is 2. The zero-order chi connectivity index (χ0) is 12.0. The lowest BCUT2D eigenvalue weighted by molar-refractivity contribution is -0.0326. The fourth-order valence-electron chi connectivity index (χ4n) is 0.992. The van der Waals surface area contributed by atoms with Crippen LogP contribution in [0, 0.1) is 0 Å². The molecule has 0 N–H and O–H groups in total. The number of alkyl halides is 4. The molecule has 0 spiro atoms. The van der Waals surface area contributed by atoms with Crippen molar-refractivity contribution in [1.82, 2.24) is 0 Å². The van der Waals surface area contributed by atoms with E-state index in [0.717, 1.165) is 10.5 Å². The molecule has 0 aliphatic heterocycles. The lowest BCUT2D eigenvalue weighted by Crippen LogP contribution is -2.02. The monoisotopic (exact) mass is 286 g/mol. The van der Waals surface area contributed by atoms with Crippen molar-refractivity contribution in [3.05, 3.63) is 29.8 Å². The van der Waals surface area contributed by atoms with E-state index in [9.17, 15) is 13.2 Å². The second kappa shape index (κ2) is 6.67. The summed E-state index contributed by atoms with van der Waals surface area (Å²) in [6.45, 7) is 0. The Morgan fingerprint density at radius 3 is 2.19 bits per heavy atom. The summed E-state index contributed by atoms with van der Waals surface area (Å²) < 4.78 is 35.5. The maximum atomic E-state index is 11.8. The van der Waals surface area contributed by atoms with Gasteiger partial charge in [-0.25, -0.2) is 0 Å². The maximum absolute atomic E-state index is 11.8. The zero-order valence-corrected chi connectivity index (χ0v) is 10.6. The van der Waals surface area contributed by atoms with Crippen molar-refractivity contribution >= 4 is 35.1 Å². The topological polar surface area (TPSA) is 0 Å². The standard InChI is InChI=1S/C10H10ClF3S2/c11-7-8-1-3-9(4-2-8)15-5-6-16-10(12,13)14/h1-4H,5-7H2. The van der Waals surface area contributed by atoms with Crippen molar-refractivity contribution in [2.24, 2.45) is 0 Å². The van der Waals surface area contributed by atoms with E-state index in [-0.39, 0.29) is 17.5 Å². The molecule has 0 amide bonds. The van der Waals surface area contributed by atoms with Crippen LogP contribution >= 0.6 is 35.1 Å². The molecule has 1 aromatic carbocycles. The summed E-state index contributed by atoms with van der Waals surface area (Å²) >= 11 is 7.06. The van der Waals surface area contributed by atoms with Gasteiger partial charge >= 0.3 is 5.51 Å². The molecule has 0 aliphatic rings. The van der Waals surface area contributed by atoms with Gasteiger partial charge in [0.2, 0.25) is 0 Å². The summed E-state index contributed by atoms with van der Waals surface area (Å²) in [5, 5.41) is 0. The summed E-state index contributed by atoms with van der Waals surface area (Å²) in [6.07, 6.45) is 0. The highest BCUT2D eigenvalue weighted by Crippen LogP contribution is 2.31. The van der Waals surface area contributed by atoms with Crippen LogP contribution in [0.25, 0.3) is 0 Å². The minimum absolute atomic E-state index is 0.0185. The highest BCUT2D eigenvalue weighted by molar-refractivity contribution is 8.03. The van der Waals surface area contributed by atoms with Gasteiger partial charge < -0.3 is 0 Å². The first-order valence-corrected chi connectivity index (χ1v) is 7.00. The first-order chi connectivity index (χ1) is 7.51. The molecule has 0 saturated heterocycles. The summed E-state index contributed by atoms with van der Waals surface area (Å²) in [7, 11) is 0. The Balaban J connectivity index is 2.27. The van der Waals surface area contributed by atoms with Crippen LogP contribution in [0.5, 0.6) is 0 Å². The van der Waals surface area contributed by atoms with E-state index >= 15 is 0 Å². The van der Waals surface area contributed by atoms with Crippen molar-refractivity contribution in [1.29, 1.82) is 0 Å². The Kier molecular flexibility index (Phi) is 5.86. The smallest absolute Gasteiger partial charge is 0.160 e. The Bertz CT molecular complexity index is 311. The van der Waals surface area contributed by atoms with E-state index in [2.05, 4.69) is 0 Å². The van der Waals surface area contributed by atoms with Gasteiger partial charge in [-0.2, -0.15) is 13.2 Å². The quantitative estimate of drug-likeness (QED) is 0.434. The van der Waals surface area contributed by atoms with E-state index in [1.54, 1.807) is 0 Å². The van der Waals surface area contributed by atoms with Gasteiger partial charge in [-0.3, -0.25) is 0 Å². The lowest BCUT2D eigenvalue weighted by atomic mass is 10.2. The minimum atomic E-state index is -4.12. The zero-order valence-electron chi connectivity index (χ0n) is 8.26. The first kappa shape index (κ1) is 14.1. The summed E-state index contributed by atoms with van der Waals surface area (Å²) in [4.78, 5) is 0.969. The molecule has 0 aliphatic carbocycles. The molecule has 0 bridgehead atoms. The molecular weight excluding hydrogens is 277 g/mol. The van der Waals surface area contributed by atoms with Gasteiger partial charge in [-0.15, -0.1) is 23.4 Å². The molecule has 6 heteroatoms. The fourth-order valence-corrected chi connectivity index (χ4v) is 2.63. The third kappa shape index (κ3) is 5.92. The van der Waals surface area contributed by atoms with Crippen LogP contribution in [-0.2, 0) is 5.88 Å². The van der Waals surface area contributed by atoms with Gasteiger partial charge in [0.15, 0.2) is 0 Å². The number of hydrogen-bond donors (Lipinski definition) is 0. The predicted octanol–water partition coefficient (Wildman–Crippen LogP) is 4.77. The van der Waals surface area contributed by atoms with Crippen molar-refractivity contribution in [2.45, 2.75) is 16.3 Å². The summed E-state index contributed by atoms with van der Waals surface area (Å²) in [6, 6.07) is 7.51. The van der Waals surface area contributed by atoms with Crippen molar-refractivity contribution in [3.63, 3.8) is 0 Å². The first-order valence-electron chi connectivity index (χ1n) is 4.49. The third-order valence-corrected chi connectivity index (χ3v) is 4.01. The van der Waals surface area contributed by atoms with Crippen molar-refractivity contribution < 1.29 is 13.2 Å². The van der Waals surface area contributed by atoms with Crippen LogP contribution in [0.4, 0.5) is 13.2 Å². The molecule has 16 heavy (non-hydrogen) atoms. The molecule has 0 unspecified atom stereocenters. The highest BCUT2D eigenvalue weighted by atomic mass is 35.5. The second-order valence-electron chi connectivity index (χ2n) is 2.92. The van der Waals surface area contributed by atoms with Crippen LogP contribution in [0.2, 0.25) is 0 Å². The molecule has 0 atom stereocenters. The number of rotatable bonds is 5. The van der Waals surface area contributed by atoms with E-state index in [4.69, 9.17) is 11.6 Å². The summed E-state index contributed by atoms with van der Waals surface area (Å²) in [5.41, 5.74) is -3.11. The molecule has 0 radical (unpaired) electrons. The average Bonchev–Trinajstić information content (AvgIpc) is 2.24. The molecule has 90 valence electrons. The van der Waals surface area contributed by atoms with Gasteiger partial charge in [0.25, 0.3) is 0 Å². The Labute approximate surface area is 106 Å². The van der Waals surface area contributed by atoms with Gasteiger partial charge in [0.1, 0.15) is 0 Å². The molecular formula is C10H10ClF3S2. The molecule has 0 nitrogen and oxygen atoms in total. The Hall–Kier alpha value is -0.000000000000000111. The molecule has 1 aromatic rings. The number of benzene rings is 1. The molecule has 1 rings (SSSR count). The minimum Gasteiger partial charge on any atom is -0.160 e. The molecule has 0 aromatic heterocycles. The number of thioether (sulfide) groups is 2. The van der Waals surface area contributed by atoms with Gasteiger partial charge in [-0.1, -0.05) is 23.9 Å². The largest absolute Gasteiger partial charge is 0.441 e. The van der Waals surface area contributed by atoms with E-state index in [1.807, 2.05) is 24.3 Å². The Morgan fingerprint density at radius 2 is 1.69 bits per heavy atom. The van der Waals surface area contributed by atoms with Crippen molar-refractivity contribution in [3.8, 4) is 0 Å². The normalized spacial score (nSPS) is 11.8. The molecule has 0 saturated carbocycles. The van der Waals surface area contributed by atoms with Crippen LogP contribution in [-0.4, -0.2) is 17.0 Å². The van der Waals surface area contributed by atoms with Crippen LogP contribution in [0.1, 0.15) is 5.56 Å². The van der Waals surface area contributed by atoms with E-state index in [1.165, 1.54) is 11.8 Å².